The second-order valence-electron chi connectivity index (χ2n) is 8.67. The van der Waals surface area contributed by atoms with E-state index < -0.39 is 23.2 Å². The minimum Gasteiger partial charge on any atom is -0.479 e. The molecule has 0 spiro atoms. The number of carboxylic acid groups (broad SMARTS) is 1. The molecule has 1 aliphatic rings. The van der Waals surface area contributed by atoms with Gasteiger partial charge in [-0.05, 0) is 50.3 Å². The van der Waals surface area contributed by atoms with Crippen molar-refractivity contribution < 1.29 is 19.4 Å². The van der Waals surface area contributed by atoms with Gasteiger partial charge in [0.1, 0.15) is 11.1 Å². The Balaban J connectivity index is 1.88. The highest BCUT2D eigenvalue weighted by atomic mass is 16.6. The number of carbonyl (C=O) groups is 2. The first-order valence-corrected chi connectivity index (χ1v) is 10.1. The fraction of sp³-hybridized carbons (Fsp3) is 0.417. The normalized spacial score (nSPS) is 15.7. The summed E-state index contributed by atoms with van der Waals surface area (Å²) in [7, 11) is 0. The molecule has 0 radical (unpaired) electrons. The average Bonchev–Trinajstić information content (AvgIpc) is 3.17. The first kappa shape index (κ1) is 20.9. The van der Waals surface area contributed by atoms with Crippen LogP contribution in [-0.2, 0) is 16.1 Å². The molecule has 29 heavy (non-hydrogen) atoms. The Morgan fingerprint density at radius 3 is 2.03 bits per heavy atom. The zero-order valence-electron chi connectivity index (χ0n) is 17.4. The summed E-state index contributed by atoms with van der Waals surface area (Å²) < 4.78 is 5.58. The zero-order valence-corrected chi connectivity index (χ0v) is 17.4. The lowest BCUT2D eigenvalue weighted by Crippen LogP contribution is -2.56. The van der Waals surface area contributed by atoms with Crippen LogP contribution in [0.25, 0.3) is 11.1 Å². The lowest BCUT2D eigenvalue weighted by atomic mass is 9.94. The third-order valence-electron chi connectivity index (χ3n) is 5.36. The standard InChI is InChI=1S/C24H29NO4/c1-23(2,3)29-22(28)25(24(21(26)27)15-7-8-16-24)17-18-11-13-20(14-12-18)19-9-5-4-6-10-19/h4-6,9-14H,7-8,15-17H2,1-3H3,(H,26,27). The molecule has 0 heterocycles. The molecule has 0 unspecified atom stereocenters. The third kappa shape index (κ3) is 4.78. The third-order valence-corrected chi connectivity index (χ3v) is 5.36. The second kappa shape index (κ2) is 8.27. The molecule has 0 saturated heterocycles. The van der Waals surface area contributed by atoms with Crippen LogP contribution in [0.2, 0.25) is 0 Å². The quantitative estimate of drug-likeness (QED) is 0.727. The van der Waals surface area contributed by atoms with E-state index in [0.717, 1.165) is 29.5 Å². The van der Waals surface area contributed by atoms with Crippen LogP contribution in [0.3, 0.4) is 0 Å². The van der Waals surface area contributed by atoms with Crippen molar-refractivity contribution in [2.45, 2.75) is 64.1 Å². The summed E-state index contributed by atoms with van der Waals surface area (Å²) in [4.78, 5) is 26.6. The van der Waals surface area contributed by atoms with Crippen molar-refractivity contribution in [3.05, 3.63) is 60.2 Å². The molecule has 5 nitrogen and oxygen atoms in total. The topological polar surface area (TPSA) is 66.8 Å². The minimum absolute atomic E-state index is 0.205. The van der Waals surface area contributed by atoms with Crippen molar-refractivity contribution in [3.8, 4) is 11.1 Å². The maximum Gasteiger partial charge on any atom is 0.411 e. The van der Waals surface area contributed by atoms with Crippen LogP contribution in [0.1, 0.15) is 52.0 Å². The second-order valence-corrected chi connectivity index (χ2v) is 8.67. The van der Waals surface area contributed by atoms with Crippen molar-refractivity contribution in [2.75, 3.05) is 0 Å². The Morgan fingerprint density at radius 1 is 0.966 bits per heavy atom. The molecule has 3 rings (SSSR count). The largest absolute Gasteiger partial charge is 0.479 e. The van der Waals surface area contributed by atoms with Crippen molar-refractivity contribution in [1.29, 1.82) is 0 Å². The van der Waals surface area contributed by atoms with Crippen molar-refractivity contribution in [1.82, 2.24) is 4.90 Å². The van der Waals surface area contributed by atoms with Gasteiger partial charge in [-0.15, -0.1) is 0 Å². The van der Waals surface area contributed by atoms with E-state index in [9.17, 15) is 14.7 Å². The Labute approximate surface area is 172 Å². The van der Waals surface area contributed by atoms with E-state index >= 15 is 0 Å². The molecule has 1 N–H and O–H groups in total. The Hall–Kier alpha value is -2.82. The molecule has 154 valence electrons. The van der Waals surface area contributed by atoms with Crippen LogP contribution in [0, 0.1) is 0 Å². The molecule has 5 heteroatoms. The van der Waals surface area contributed by atoms with E-state index in [1.54, 1.807) is 20.8 Å². The number of amides is 1. The lowest BCUT2D eigenvalue weighted by Gasteiger charge is -2.38. The highest BCUT2D eigenvalue weighted by Crippen LogP contribution is 2.38. The fourth-order valence-corrected chi connectivity index (χ4v) is 3.88. The molecule has 0 atom stereocenters. The first-order valence-electron chi connectivity index (χ1n) is 10.1. The number of nitrogens with zero attached hydrogens (tertiary/aromatic N) is 1. The number of hydrogen-bond donors (Lipinski definition) is 1. The molecular weight excluding hydrogens is 366 g/mol. The van der Waals surface area contributed by atoms with Gasteiger partial charge in [0.15, 0.2) is 0 Å². The number of hydrogen-bond acceptors (Lipinski definition) is 3. The number of ether oxygens (including phenoxy) is 1. The van der Waals surface area contributed by atoms with Gasteiger partial charge in [0.25, 0.3) is 0 Å². The van der Waals surface area contributed by atoms with Crippen molar-refractivity contribution >= 4 is 12.1 Å². The summed E-state index contributed by atoms with van der Waals surface area (Å²) in [5, 5.41) is 10.0. The number of carbonyl (C=O) groups excluding carboxylic acids is 1. The molecule has 0 bridgehead atoms. The number of aliphatic carboxylic acids is 1. The molecule has 2 aromatic rings. The van der Waals surface area contributed by atoms with Crippen LogP contribution in [0.15, 0.2) is 54.6 Å². The van der Waals surface area contributed by atoms with E-state index in [4.69, 9.17) is 4.74 Å². The van der Waals surface area contributed by atoms with Gasteiger partial charge >= 0.3 is 12.1 Å². The van der Waals surface area contributed by atoms with Gasteiger partial charge in [0, 0.05) is 0 Å². The van der Waals surface area contributed by atoms with Gasteiger partial charge in [0.2, 0.25) is 0 Å². The molecule has 1 amide bonds. The van der Waals surface area contributed by atoms with Gasteiger partial charge in [-0.3, -0.25) is 4.90 Å². The van der Waals surface area contributed by atoms with Crippen LogP contribution in [0.4, 0.5) is 4.79 Å². The molecule has 0 aliphatic heterocycles. The van der Waals surface area contributed by atoms with E-state index in [-0.39, 0.29) is 6.54 Å². The van der Waals surface area contributed by atoms with E-state index in [1.165, 1.54) is 4.90 Å². The van der Waals surface area contributed by atoms with E-state index in [1.807, 2.05) is 54.6 Å². The number of carboxylic acids is 1. The van der Waals surface area contributed by atoms with Crippen LogP contribution < -0.4 is 0 Å². The summed E-state index contributed by atoms with van der Waals surface area (Å²) in [5.41, 5.74) is 1.17. The van der Waals surface area contributed by atoms with Crippen LogP contribution in [0.5, 0.6) is 0 Å². The van der Waals surface area contributed by atoms with Gasteiger partial charge < -0.3 is 9.84 Å². The highest BCUT2D eigenvalue weighted by molar-refractivity contribution is 5.85. The summed E-state index contributed by atoms with van der Waals surface area (Å²) in [6.07, 6.45) is 1.90. The summed E-state index contributed by atoms with van der Waals surface area (Å²) in [6, 6.07) is 17.9. The minimum atomic E-state index is -1.21. The molecular formula is C24H29NO4. The average molecular weight is 395 g/mol. The molecule has 1 saturated carbocycles. The fourth-order valence-electron chi connectivity index (χ4n) is 3.88. The number of benzene rings is 2. The maximum absolute atomic E-state index is 13.0. The van der Waals surface area contributed by atoms with Gasteiger partial charge in [-0.1, -0.05) is 67.4 Å². The Kier molecular flexibility index (Phi) is 5.96. The molecule has 1 fully saturated rings. The van der Waals surface area contributed by atoms with Crippen LogP contribution >= 0.6 is 0 Å². The van der Waals surface area contributed by atoms with Crippen molar-refractivity contribution in [2.24, 2.45) is 0 Å². The summed E-state index contributed by atoms with van der Waals surface area (Å²) >= 11 is 0. The summed E-state index contributed by atoms with van der Waals surface area (Å²) in [5.74, 6) is -0.957. The van der Waals surface area contributed by atoms with E-state index in [0.29, 0.717) is 12.8 Å². The van der Waals surface area contributed by atoms with E-state index in [2.05, 4.69) is 0 Å². The SMILES string of the molecule is CC(C)(C)OC(=O)N(Cc1ccc(-c2ccccc2)cc1)C1(C(=O)O)CCCC1. The lowest BCUT2D eigenvalue weighted by molar-refractivity contribution is -0.151. The predicted octanol–water partition coefficient (Wildman–Crippen LogP) is 5.49. The monoisotopic (exact) mass is 395 g/mol. The summed E-state index contributed by atoms with van der Waals surface area (Å²) in [6.45, 7) is 5.58. The Bertz CT molecular complexity index is 847. The van der Waals surface area contributed by atoms with Gasteiger partial charge in [0.05, 0.1) is 6.54 Å². The van der Waals surface area contributed by atoms with Gasteiger partial charge in [-0.25, -0.2) is 9.59 Å². The maximum atomic E-state index is 13.0. The molecule has 0 aromatic heterocycles. The smallest absolute Gasteiger partial charge is 0.411 e. The highest BCUT2D eigenvalue weighted by Gasteiger charge is 2.49. The predicted molar refractivity (Wildman–Crippen MR) is 112 cm³/mol. The number of rotatable bonds is 5. The molecule has 2 aromatic carbocycles. The Morgan fingerprint density at radius 2 is 1.52 bits per heavy atom. The van der Waals surface area contributed by atoms with Gasteiger partial charge in [-0.2, -0.15) is 0 Å². The van der Waals surface area contributed by atoms with Crippen LogP contribution in [-0.4, -0.2) is 33.2 Å². The zero-order chi connectivity index (χ0) is 21.1. The van der Waals surface area contributed by atoms with Crippen molar-refractivity contribution in [3.63, 3.8) is 0 Å². The molecule has 1 aliphatic carbocycles. The first-order chi connectivity index (χ1) is 13.7.